The van der Waals surface area contributed by atoms with Crippen molar-refractivity contribution >= 4 is 29.5 Å². The molecular formula is C15H14N4O5. The lowest BCUT2D eigenvalue weighted by Crippen LogP contribution is -2.49. The second kappa shape index (κ2) is 7.68. The summed E-state index contributed by atoms with van der Waals surface area (Å²) in [5, 5.41) is 19.6. The van der Waals surface area contributed by atoms with Gasteiger partial charge >= 0.3 is 11.9 Å². The summed E-state index contributed by atoms with van der Waals surface area (Å²) >= 11 is 0. The number of anilines is 2. The molecule has 2 aromatic heterocycles. The molecule has 0 fully saturated rings. The van der Waals surface area contributed by atoms with Gasteiger partial charge in [-0.3, -0.25) is 4.79 Å². The minimum Gasteiger partial charge on any atom is -0.479 e. The first kappa shape index (κ1) is 16.9. The molecule has 24 heavy (non-hydrogen) atoms. The van der Waals surface area contributed by atoms with E-state index in [1.807, 2.05) is 5.32 Å². The number of rotatable bonds is 7. The van der Waals surface area contributed by atoms with Crippen molar-refractivity contribution in [3.8, 4) is 0 Å². The number of pyridine rings is 2. The third-order valence-corrected chi connectivity index (χ3v) is 2.95. The summed E-state index contributed by atoms with van der Waals surface area (Å²) in [6.45, 7) is -0.342. The minimum absolute atomic E-state index is 0.342. The van der Waals surface area contributed by atoms with Crippen LogP contribution < -0.4 is 10.2 Å². The van der Waals surface area contributed by atoms with E-state index in [1.54, 1.807) is 36.4 Å². The van der Waals surface area contributed by atoms with Crippen molar-refractivity contribution in [2.75, 3.05) is 11.4 Å². The molecule has 0 saturated carbocycles. The van der Waals surface area contributed by atoms with E-state index in [2.05, 4.69) is 9.97 Å². The zero-order valence-electron chi connectivity index (χ0n) is 12.4. The Balaban J connectivity index is 2.21. The number of amides is 1. The molecule has 2 aromatic rings. The number of carboxylic acids is 2. The number of hydrogen-bond donors (Lipinski definition) is 3. The summed E-state index contributed by atoms with van der Waals surface area (Å²) in [6, 6.07) is 8.10. The molecule has 0 spiro atoms. The second-order valence-electron chi connectivity index (χ2n) is 4.64. The minimum atomic E-state index is -2.02. The van der Waals surface area contributed by atoms with Crippen molar-refractivity contribution in [2.45, 2.75) is 6.04 Å². The summed E-state index contributed by atoms with van der Waals surface area (Å²) in [6.07, 6.45) is 3.06. The zero-order valence-corrected chi connectivity index (χ0v) is 12.4. The number of carboxylic acid groups (broad SMARTS) is 2. The van der Waals surface area contributed by atoms with Gasteiger partial charge in [0.1, 0.15) is 18.2 Å². The van der Waals surface area contributed by atoms with Gasteiger partial charge in [0.25, 0.3) is 0 Å². The van der Waals surface area contributed by atoms with E-state index in [4.69, 9.17) is 10.2 Å². The van der Waals surface area contributed by atoms with E-state index in [9.17, 15) is 14.4 Å². The standard InChI is InChI=1S/C15H14N4O5/c20-12(18-13(14(21)22)15(23)24)9-19(10-5-1-3-7-16-10)11-6-2-4-8-17-11/h1-8,13H,9H2,(H,18,20)(H,21,22)(H,23,24). The first-order valence-corrected chi connectivity index (χ1v) is 6.83. The van der Waals surface area contributed by atoms with Crippen molar-refractivity contribution in [2.24, 2.45) is 0 Å². The highest BCUT2D eigenvalue weighted by molar-refractivity contribution is 6.01. The van der Waals surface area contributed by atoms with E-state index in [0.29, 0.717) is 11.6 Å². The van der Waals surface area contributed by atoms with Gasteiger partial charge in [-0.25, -0.2) is 19.6 Å². The lowest BCUT2D eigenvalue weighted by Gasteiger charge is -2.22. The molecule has 9 heteroatoms. The van der Waals surface area contributed by atoms with Crippen LogP contribution in [0.3, 0.4) is 0 Å². The average Bonchev–Trinajstić information content (AvgIpc) is 2.58. The number of hydrogen-bond acceptors (Lipinski definition) is 6. The molecule has 9 nitrogen and oxygen atoms in total. The highest BCUT2D eigenvalue weighted by Crippen LogP contribution is 2.19. The molecule has 0 unspecified atom stereocenters. The van der Waals surface area contributed by atoms with Gasteiger partial charge in [-0.05, 0) is 24.3 Å². The fraction of sp³-hybridized carbons (Fsp3) is 0.133. The molecule has 0 bridgehead atoms. The molecule has 124 valence electrons. The van der Waals surface area contributed by atoms with Crippen LogP contribution in [0.25, 0.3) is 0 Å². The molecule has 0 aliphatic carbocycles. The van der Waals surface area contributed by atoms with Crippen LogP contribution in [-0.4, -0.2) is 50.6 Å². The molecule has 0 aliphatic heterocycles. The predicted molar refractivity (Wildman–Crippen MR) is 82.7 cm³/mol. The Morgan fingerprint density at radius 2 is 1.46 bits per heavy atom. The molecule has 0 radical (unpaired) electrons. The van der Waals surface area contributed by atoms with Crippen LogP contribution >= 0.6 is 0 Å². The predicted octanol–water partition coefficient (Wildman–Crippen LogP) is 0.269. The topological polar surface area (TPSA) is 133 Å². The maximum atomic E-state index is 12.1. The monoisotopic (exact) mass is 330 g/mol. The number of carbonyl (C=O) groups is 3. The van der Waals surface area contributed by atoms with Crippen LogP contribution in [0.2, 0.25) is 0 Å². The van der Waals surface area contributed by atoms with Crippen LogP contribution in [0.15, 0.2) is 48.8 Å². The number of aromatic nitrogens is 2. The van der Waals surface area contributed by atoms with E-state index >= 15 is 0 Å². The van der Waals surface area contributed by atoms with Crippen LogP contribution in [0.5, 0.6) is 0 Å². The van der Waals surface area contributed by atoms with Crippen molar-refractivity contribution in [1.29, 1.82) is 0 Å². The Morgan fingerprint density at radius 3 is 1.83 bits per heavy atom. The van der Waals surface area contributed by atoms with Crippen molar-refractivity contribution < 1.29 is 24.6 Å². The van der Waals surface area contributed by atoms with Crippen LogP contribution in [0, 0.1) is 0 Å². The Morgan fingerprint density at radius 1 is 0.958 bits per heavy atom. The third kappa shape index (κ3) is 4.26. The third-order valence-electron chi connectivity index (χ3n) is 2.95. The van der Waals surface area contributed by atoms with Crippen LogP contribution in [-0.2, 0) is 14.4 Å². The van der Waals surface area contributed by atoms with E-state index in [0.717, 1.165) is 0 Å². The summed E-state index contributed by atoms with van der Waals surface area (Å²) in [5.41, 5.74) is 0. The summed E-state index contributed by atoms with van der Waals surface area (Å²) < 4.78 is 0. The summed E-state index contributed by atoms with van der Waals surface area (Å²) in [5.74, 6) is -3.28. The normalized spacial score (nSPS) is 10.2. The van der Waals surface area contributed by atoms with Gasteiger partial charge in [-0.15, -0.1) is 0 Å². The average molecular weight is 330 g/mol. The van der Waals surface area contributed by atoms with Gasteiger partial charge in [0.05, 0.1) is 0 Å². The lowest BCUT2D eigenvalue weighted by atomic mass is 10.3. The molecule has 0 atom stereocenters. The quantitative estimate of drug-likeness (QED) is 0.616. The van der Waals surface area contributed by atoms with Crippen molar-refractivity contribution in [1.82, 2.24) is 15.3 Å². The highest BCUT2D eigenvalue weighted by Gasteiger charge is 2.28. The molecule has 2 heterocycles. The van der Waals surface area contributed by atoms with Crippen LogP contribution in [0.4, 0.5) is 11.6 Å². The van der Waals surface area contributed by atoms with E-state index in [1.165, 1.54) is 17.3 Å². The molecule has 3 N–H and O–H groups in total. The van der Waals surface area contributed by atoms with Crippen molar-refractivity contribution in [3.63, 3.8) is 0 Å². The fourth-order valence-electron chi connectivity index (χ4n) is 1.89. The van der Waals surface area contributed by atoms with Gasteiger partial charge < -0.3 is 20.4 Å². The molecule has 0 aliphatic rings. The maximum Gasteiger partial charge on any atom is 0.338 e. The Kier molecular flexibility index (Phi) is 5.40. The number of nitrogens with zero attached hydrogens (tertiary/aromatic N) is 3. The number of carbonyl (C=O) groups excluding carboxylic acids is 1. The molecule has 0 aromatic carbocycles. The second-order valence-corrected chi connectivity index (χ2v) is 4.64. The largest absolute Gasteiger partial charge is 0.479 e. The lowest BCUT2D eigenvalue weighted by molar-refractivity contribution is -0.153. The van der Waals surface area contributed by atoms with Gasteiger partial charge in [0.2, 0.25) is 11.9 Å². The molecule has 2 rings (SSSR count). The fourth-order valence-corrected chi connectivity index (χ4v) is 1.89. The summed E-state index contributed by atoms with van der Waals surface area (Å²) in [4.78, 5) is 43.5. The van der Waals surface area contributed by atoms with E-state index < -0.39 is 23.9 Å². The Labute approximate surface area is 136 Å². The highest BCUT2D eigenvalue weighted by atomic mass is 16.4. The molecular weight excluding hydrogens is 316 g/mol. The van der Waals surface area contributed by atoms with Gasteiger partial charge in [0.15, 0.2) is 0 Å². The van der Waals surface area contributed by atoms with Gasteiger partial charge in [-0.2, -0.15) is 0 Å². The first-order valence-electron chi connectivity index (χ1n) is 6.83. The maximum absolute atomic E-state index is 12.1. The summed E-state index contributed by atoms with van der Waals surface area (Å²) in [7, 11) is 0. The first-order chi connectivity index (χ1) is 11.5. The molecule has 0 saturated heterocycles. The SMILES string of the molecule is O=C(CN(c1ccccn1)c1ccccn1)NC(C(=O)O)C(=O)O. The number of aliphatic carboxylic acids is 2. The van der Waals surface area contributed by atoms with Crippen molar-refractivity contribution in [3.05, 3.63) is 48.8 Å². The van der Waals surface area contributed by atoms with Crippen LogP contribution in [0.1, 0.15) is 0 Å². The number of nitrogens with one attached hydrogen (secondary N) is 1. The Hall–Kier alpha value is -3.49. The van der Waals surface area contributed by atoms with Gasteiger partial charge in [-0.1, -0.05) is 12.1 Å². The molecule has 1 amide bonds. The van der Waals surface area contributed by atoms with Gasteiger partial charge in [0, 0.05) is 12.4 Å². The van der Waals surface area contributed by atoms with E-state index in [-0.39, 0.29) is 6.54 Å². The Bertz CT molecular complexity index is 670. The zero-order chi connectivity index (χ0) is 17.5. The smallest absolute Gasteiger partial charge is 0.338 e.